The molecule has 0 radical (unpaired) electrons. The van der Waals surface area contributed by atoms with E-state index in [1.807, 2.05) is 7.11 Å². The molecule has 2 nitrogen and oxygen atoms in total. The van der Waals surface area contributed by atoms with Gasteiger partial charge in [-0.15, -0.1) is 0 Å². The fourth-order valence-corrected chi connectivity index (χ4v) is 9.60. The van der Waals surface area contributed by atoms with E-state index < -0.39 is 8.32 Å². The van der Waals surface area contributed by atoms with Gasteiger partial charge < -0.3 is 9.16 Å². The smallest absolute Gasteiger partial charge is 0.223 e. The summed E-state index contributed by atoms with van der Waals surface area (Å²) in [6.45, 7) is 5.64. The Hall–Kier alpha value is 0.137. The Balaban J connectivity index is 2.17. The molecule has 0 aromatic heterocycles. The lowest BCUT2D eigenvalue weighted by Crippen LogP contribution is -2.53. The molecule has 3 heteroatoms. The molecule has 0 spiro atoms. The quantitative estimate of drug-likeness (QED) is 0.695. The summed E-state index contributed by atoms with van der Waals surface area (Å²) >= 11 is 0. The molecule has 1 aliphatic carbocycles. The largest absolute Gasteiger partial charge is 0.417 e. The maximum Gasteiger partial charge on any atom is 0.223 e. The first-order valence-corrected chi connectivity index (χ1v) is 9.63. The van der Waals surface area contributed by atoms with Crippen molar-refractivity contribution in [3.8, 4) is 0 Å². The molecule has 17 heavy (non-hydrogen) atoms. The third-order valence-electron chi connectivity index (χ3n) is 4.63. The van der Waals surface area contributed by atoms with Crippen molar-refractivity contribution in [3.63, 3.8) is 0 Å². The summed E-state index contributed by atoms with van der Waals surface area (Å²) in [4.78, 5) is 0. The van der Waals surface area contributed by atoms with Crippen molar-refractivity contribution in [1.82, 2.24) is 0 Å². The van der Waals surface area contributed by atoms with Crippen LogP contribution in [0.4, 0.5) is 0 Å². The van der Waals surface area contributed by atoms with Crippen LogP contribution in [0.15, 0.2) is 0 Å². The second kappa shape index (κ2) is 5.85. The zero-order valence-electron chi connectivity index (χ0n) is 11.7. The van der Waals surface area contributed by atoms with Crippen LogP contribution in [0, 0.1) is 5.92 Å². The van der Waals surface area contributed by atoms with Gasteiger partial charge in [0.05, 0.1) is 5.73 Å². The molecule has 1 saturated carbocycles. The highest BCUT2D eigenvalue weighted by molar-refractivity contribution is 6.76. The molecule has 2 atom stereocenters. The van der Waals surface area contributed by atoms with E-state index in [4.69, 9.17) is 9.16 Å². The Kier molecular flexibility index (Phi) is 4.67. The molecule has 100 valence electrons. The van der Waals surface area contributed by atoms with Gasteiger partial charge in [0.25, 0.3) is 0 Å². The van der Waals surface area contributed by atoms with Gasteiger partial charge in [-0.1, -0.05) is 39.5 Å². The molecule has 2 aliphatic rings. The SMILES string of the molecule is CO[Si](CC(C)C)(C1CCCC1)C1CCCO1. The highest BCUT2D eigenvalue weighted by Crippen LogP contribution is 2.46. The Morgan fingerprint density at radius 1 is 1.18 bits per heavy atom. The van der Waals surface area contributed by atoms with E-state index in [0.717, 1.165) is 18.1 Å². The first-order chi connectivity index (χ1) is 8.19. The van der Waals surface area contributed by atoms with Crippen LogP contribution >= 0.6 is 0 Å². The number of ether oxygens (including phenoxy) is 1. The summed E-state index contributed by atoms with van der Waals surface area (Å²) in [6, 6.07) is 1.29. The van der Waals surface area contributed by atoms with Crippen molar-refractivity contribution in [2.75, 3.05) is 13.7 Å². The third-order valence-corrected chi connectivity index (χ3v) is 10.3. The van der Waals surface area contributed by atoms with Gasteiger partial charge in [0, 0.05) is 13.7 Å². The molecule has 1 heterocycles. The molecular weight excluding hydrogens is 228 g/mol. The van der Waals surface area contributed by atoms with Crippen LogP contribution < -0.4 is 0 Å². The van der Waals surface area contributed by atoms with Crippen LogP contribution in [0.2, 0.25) is 11.6 Å². The van der Waals surface area contributed by atoms with Crippen molar-refractivity contribution in [2.24, 2.45) is 5.92 Å². The summed E-state index contributed by atoms with van der Waals surface area (Å²) in [5.41, 5.74) is 1.34. The van der Waals surface area contributed by atoms with Gasteiger partial charge >= 0.3 is 0 Å². The van der Waals surface area contributed by atoms with Crippen LogP contribution in [0.3, 0.4) is 0 Å². The Labute approximate surface area is 107 Å². The lowest BCUT2D eigenvalue weighted by atomic mass is 10.3. The van der Waals surface area contributed by atoms with Gasteiger partial charge in [-0.3, -0.25) is 0 Å². The lowest BCUT2D eigenvalue weighted by Gasteiger charge is -2.40. The van der Waals surface area contributed by atoms with Crippen molar-refractivity contribution in [1.29, 1.82) is 0 Å². The summed E-state index contributed by atoms with van der Waals surface area (Å²) in [6.07, 6.45) is 8.11. The molecule has 0 N–H and O–H groups in total. The molecular formula is C14H28O2Si. The van der Waals surface area contributed by atoms with E-state index >= 15 is 0 Å². The molecule has 2 rings (SSSR count). The standard InChI is InChI=1S/C14H28O2Si/c1-12(2)11-17(15-3,13-7-4-5-8-13)14-9-6-10-16-14/h12-14H,4-11H2,1-3H3. The average molecular weight is 256 g/mol. The van der Waals surface area contributed by atoms with E-state index in [0.29, 0.717) is 5.73 Å². The maximum absolute atomic E-state index is 6.23. The first kappa shape index (κ1) is 13.6. The highest BCUT2D eigenvalue weighted by atomic mass is 28.4. The van der Waals surface area contributed by atoms with Gasteiger partial charge in [0.2, 0.25) is 8.32 Å². The Morgan fingerprint density at radius 2 is 1.88 bits per heavy atom. The molecule has 0 amide bonds. The van der Waals surface area contributed by atoms with Crippen LogP contribution in [-0.2, 0) is 9.16 Å². The molecule has 0 aromatic rings. The maximum atomic E-state index is 6.23. The van der Waals surface area contributed by atoms with Gasteiger partial charge in [0.15, 0.2) is 0 Å². The lowest BCUT2D eigenvalue weighted by molar-refractivity contribution is 0.135. The first-order valence-electron chi connectivity index (χ1n) is 7.36. The fraction of sp³-hybridized carbons (Fsp3) is 1.00. The van der Waals surface area contributed by atoms with E-state index in [1.165, 1.54) is 44.6 Å². The van der Waals surface area contributed by atoms with E-state index in [9.17, 15) is 0 Å². The second-order valence-electron chi connectivity index (χ2n) is 6.24. The van der Waals surface area contributed by atoms with Crippen molar-refractivity contribution in [3.05, 3.63) is 0 Å². The van der Waals surface area contributed by atoms with Gasteiger partial charge in [-0.05, 0) is 30.3 Å². The fourth-order valence-electron chi connectivity index (χ4n) is 3.96. The summed E-state index contributed by atoms with van der Waals surface area (Å²) in [7, 11) is 0.278. The topological polar surface area (TPSA) is 18.5 Å². The zero-order valence-corrected chi connectivity index (χ0v) is 12.7. The molecule has 1 aliphatic heterocycles. The summed E-state index contributed by atoms with van der Waals surface area (Å²) < 4.78 is 12.3. The normalized spacial score (nSPS) is 30.0. The van der Waals surface area contributed by atoms with Crippen molar-refractivity contribution < 1.29 is 9.16 Å². The second-order valence-corrected chi connectivity index (χ2v) is 10.4. The Morgan fingerprint density at radius 3 is 2.35 bits per heavy atom. The van der Waals surface area contributed by atoms with Crippen LogP contribution in [0.1, 0.15) is 52.4 Å². The molecule has 0 aromatic carbocycles. The van der Waals surface area contributed by atoms with Crippen molar-refractivity contribution >= 4 is 8.32 Å². The average Bonchev–Trinajstić information content (AvgIpc) is 2.97. The molecule has 2 unspecified atom stereocenters. The number of hydrogen-bond donors (Lipinski definition) is 0. The number of rotatable bonds is 5. The van der Waals surface area contributed by atoms with E-state index in [-0.39, 0.29) is 0 Å². The minimum absolute atomic E-state index is 0.484. The third kappa shape index (κ3) is 2.77. The van der Waals surface area contributed by atoms with E-state index in [1.54, 1.807) is 0 Å². The van der Waals surface area contributed by atoms with Gasteiger partial charge in [0.1, 0.15) is 0 Å². The zero-order chi connectivity index (χ0) is 12.3. The molecule has 2 fully saturated rings. The van der Waals surface area contributed by atoms with Crippen LogP contribution in [0.25, 0.3) is 0 Å². The van der Waals surface area contributed by atoms with E-state index in [2.05, 4.69) is 13.8 Å². The molecule has 0 bridgehead atoms. The highest BCUT2D eigenvalue weighted by Gasteiger charge is 2.51. The summed E-state index contributed by atoms with van der Waals surface area (Å²) in [5, 5.41) is 0. The Bertz CT molecular complexity index is 214. The van der Waals surface area contributed by atoms with Gasteiger partial charge in [-0.25, -0.2) is 0 Å². The van der Waals surface area contributed by atoms with Crippen LogP contribution in [0.5, 0.6) is 0 Å². The molecule has 1 saturated heterocycles. The van der Waals surface area contributed by atoms with Crippen LogP contribution in [-0.4, -0.2) is 27.8 Å². The monoisotopic (exact) mass is 256 g/mol. The minimum Gasteiger partial charge on any atom is -0.417 e. The van der Waals surface area contributed by atoms with Crippen molar-refractivity contribution in [2.45, 2.75) is 69.7 Å². The summed E-state index contributed by atoms with van der Waals surface area (Å²) in [5.74, 6) is 0.742. The predicted octanol–water partition coefficient (Wildman–Crippen LogP) is 3.90. The number of hydrogen-bond acceptors (Lipinski definition) is 2. The predicted molar refractivity (Wildman–Crippen MR) is 73.6 cm³/mol. The minimum atomic E-state index is -1.69. The van der Waals surface area contributed by atoms with Gasteiger partial charge in [-0.2, -0.15) is 0 Å².